The molecule has 1 aromatic rings. The zero-order valence-corrected chi connectivity index (χ0v) is 15.2. The van der Waals surface area contributed by atoms with Crippen LogP contribution in [-0.2, 0) is 9.84 Å². The molecule has 0 radical (unpaired) electrons. The average Bonchev–Trinajstić information content (AvgIpc) is 2.87. The molecule has 0 heterocycles. The SMILES string of the molecule is CC1(C)[C@@H]2CC[C@@]1(CS/C=C/S(=O)(=O)c1ccccc1)[C@H](O)C2. The van der Waals surface area contributed by atoms with Gasteiger partial charge in [-0.25, -0.2) is 8.42 Å². The number of fused-ring (bicyclic) bond motifs is 2. The Morgan fingerprint density at radius 3 is 2.57 bits per heavy atom. The lowest BCUT2D eigenvalue weighted by Crippen LogP contribution is -2.40. The Kier molecular flexibility index (Phi) is 4.40. The number of aliphatic hydroxyl groups is 1. The van der Waals surface area contributed by atoms with Gasteiger partial charge < -0.3 is 5.11 Å². The van der Waals surface area contributed by atoms with Crippen LogP contribution in [0.1, 0.15) is 33.1 Å². The first-order chi connectivity index (χ1) is 10.8. The predicted molar refractivity (Wildman–Crippen MR) is 94.8 cm³/mol. The van der Waals surface area contributed by atoms with E-state index < -0.39 is 9.84 Å². The molecule has 0 saturated heterocycles. The molecule has 3 rings (SSSR count). The first kappa shape index (κ1) is 17.1. The number of sulfone groups is 1. The highest BCUT2D eigenvalue weighted by atomic mass is 32.2. The van der Waals surface area contributed by atoms with E-state index in [-0.39, 0.29) is 16.9 Å². The van der Waals surface area contributed by atoms with Gasteiger partial charge in [-0.3, -0.25) is 0 Å². The number of hydrogen-bond acceptors (Lipinski definition) is 4. The maximum absolute atomic E-state index is 12.2. The Hall–Kier alpha value is -0.780. The van der Waals surface area contributed by atoms with Gasteiger partial charge in [0.05, 0.1) is 11.0 Å². The van der Waals surface area contributed by atoms with Gasteiger partial charge in [0.2, 0.25) is 0 Å². The van der Waals surface area contributed by atoms with Gasteiger partial charge in [0, 0.05) is 16.6 Å². The van der Waals surface area contributed by atoms with Gasteiger partial charge in [-0.05, 0) is 48.1 Å². The topological polar surface area (TPSA) is 54.4 Å². The zero-order valence-electron chi connectivity index (χ0n) is 13.6. The summed E-state index contributed by atoms with van der Waals surface area (Å²) in [6, 6.07) is 8.46. The van der Waals surface area contributed by atoms with Crippen LogP contribution in [0.3, 0.4) is 0 Å². The fourth-order valence-corrected chi connectivity index (χ4v) is 7.07. The van der Waals surface area contributed by atoms with Crippen LogP contribution in [0.5, 0.6) is 0 Å². The molecule has 0 spiro atoms. The first-order valence-electron chi connectivity index (χ1n) is 8.06. The summed E-state index contributed by atoms with van der Waals surface area (Å²) in [5.41, 5.74) is 0.0503. The molecular formula is C18H24O3S2. The van der Waals surface area contributed by atoms with Gasteiger partial charge in [-0.1, -0.05) is 32.0 Å². The molecule has 0 aromatic heterocycles. The second-order valence-electron chi connectivity index (χ2n) is 7.31. The number of benzene rings is 1. The standard InChI is InChI=1S/C18H24O3S2/c1-17(2)14-8-9-18(17,16(19)12-14)13-22-10-11-23(20,21)15-6-4-3-5-7-15/h3-7,10-11,14,16,19H,8-9,12-13H2,1-2H3/b11-10+/t14-,16-,18-/m1/s1. The van der Waals surface area contributed by atoms with Crippen molar-refractivity contribution < 1.29 is 13.5 Å². The first-order valence-corrected chi connectivity index (χ1v) is 10.7. The van der Waals surface area contributed by atoms with Crippen LogP contribution < -0.4 is 0 Å². The predicted octanol–water partition coefficient (Wildman–Crippen LogP) is 3.85. The van der Waals surface area contributed by atoms with E-state index in [2.05, 4.69) is 13.8 Å². The van der Waals surface area contributed by atoms with E-state index in [1.807, 2.05) is 0 Å². The molecule has 2 fully saturated rings. The minimum Gasteiger partial charge on any atom is -0.392 e. The van der Waals surface area contributed by atoms with E-state index >= 15 is 0 Å². The van der Waals surface area contributed by atoms with Gasteiger partial charge in [0.1, 0.15) is 0 Å². The van der Waals surface area contributed by atoms with Crippen molar-refractivity contribution in [1.82, 2.24) is 0 Å². The maximum atomic E-state index is 12.2. The summed E-state index contributed by atoms with van der Waals surface area (Å²) in [7, 11) is -3.38. The fourth-order valence-electron chi connectivity index (χ4n) is 4.38. The summed E-state index contributed by atoms with van der Waals surface area (Å²) in [6.07, 6.45) is 2.84. The molecule has 1 N–H and O–H groups in total. The average molecular weight is 353 g/mol. The lowest BCUT2D eigenvalue weighted by molar-refractivity contribution is 0.0169. The highest BCUT2D eigenvalue weighted by Crippen LogP contribution is 2.66. The lowest BCUT2D eigenvalue weighted by atomic mass is 9.70. The second kappa shape index (κ2) is 5.94. The van der Waals surface area contributed by atoms with Crippen LogP contribution in [0.4, 0.5) is 0 Å². The van der Waals surface area contributed by atoms with Crippen molar-refractivity contribution in [2.45, 2.75) is 44.1 Å². The summed E-state index contributed by atoms with van der Waals surface area (Å²) >= 11 is 1.51. The van der Waals surface area contributed by atoms with Gasteiger partial charge in [0.15, 0.2) is 9.84 Å². The van der Waals surface area contributed by atoms with Crippen molar-refractivity contribution >= 4 is 21.6 Å². The van der Waals surface area contributed by atoms with E-state index in [0.29, 0.717) is 10.8 Å². The van der Waals surface area contributed by atoms with Crippen LogP contribution in [0.2, 0.25) is 0 Å². The van der Waals surface area contributed by atoms with Crippen LogP contribution >= 0.6 is 11.8 Å². The molecule has 0 aliphatic heterocycles. The smallest absolute Gasteiger partial charge is 0.200 e. The highest BCUT2D eigenvalue weighted by Gasteiger charge is 2.63. The van der Waals surface area contributed by atoms with Gasteiger partial charge in [-0.15, -0.1) is 11.8 Å². The van der Waals surface area contributed by atoms with Crippen molar-refractivity contribution in [3.8, 4) is 0 Å². The molecule has 0 amide bonds. The molecule has 2 saturated carbocycles. The van der Waals surface area contributed by atoms with Crippen molar-refractivity contribution in [3.05, 3.63) is 41.1 Å². The Morgan fingerprint density at radius 1 is 1.30 bits per heavy atom. The monoisotopic (exact) mass is 352 g/mol. The van der Waals surface area contributed by atoms with Crippen molar-refractivity contribution in [2.75, 3.05) is 5.75 Å². The Labute approximate surface area is 143 Å². The van der Waals surface area contributed by atoms with Gasteiger partial charge >= 0.3 is 0 Å². The largest absolute Gasteiger partial charge is 0.392 e. The minimum atomic E-state index is -3.38. The van der Waals surface area contributed by atoms with E-state index in [1.54, 1.807) is 35.7 Å². The van der Waals surface area contributed by atoms with E-state index in [9.17, 15) is 13.5 Å². The van der Waals surface area contributed by atoms with Crippen LogP contribution in [-0.4, -0.2) is 25.4 Å². The van der Waals surface area contributed by atoms with Crippen LogP contribution in [0, 0.1) is 16.7 Å². The summed E-state index contributed by atoms with van der Waals surface area (Å²) in [4.78, 5) is 0.317. The lowest BCUT2D eigenvalue weighted by Gasteiger charge is -2.40. The molecule has 126 valence electrons. The molecular weight excluding hydrogens is 328 g/mol. The van der Waals surface area contributed by atoms with Gasteiger partial charge in [0.25, 0.3) is 0 Å². The summed E-state index contributed by atoms with van der Waals surface area (Å²) < 4.78 is 24.5. The number of hydrogen-bond donors (Lipinski definition) is 1. The van der Waals surface area contributed by atoms with Crippen molar-refractivity contribution in [2.24, 2.45) is 16.7 Å². The third kappa shape index (κ3) is 2.77. The molecule has 1 aromatic carbocycles. The molecule has 3 nitrogen and oxygen atoms in total. The number of thioether (sulfide) groups is 1. The van der Waals surface area contributed by atoms with Gasteiger partial charge in [-0.2, -0.15) is 0 Å². The highest BCUT2D eigenvalue weighted by molar-refractivity contribution is 8.03. The summed E-state index contributed by atoms with van der Waals surface area (Å²) in [6.45, 7) is 4.51. The fraction of sp³-hybridized carbons (Fsp3) is 0.556. The van der Waals surface area contributed by atoms with Crippen molar-refractivity contribution in [3.63, 3.8) is 0 Å². The third-order valence-corrected chi connectivity index (χ3v) is 8.74. The number of rotatable bonds is 5. The summed E-state index contributed by atoms with van der Waals surface area (Å²) in [5, 5.41) is 13.4. The van der Waals surface area contributed by atoms with Crippen LogP contribution in [0.25, 0.3) is 0 Å². The minimum absolute atomic E-state index is 0.0802. The van der Waals surface area contributed by atoms with E-state index in [4.69, 9.17) is 0 Å². The maximum Gasteiger partial charge on any atom is 0.200 e. The van der Waals surface area contributed by atoms with E-state index in [1.165, 1.54) is 23.6 Å². The summed E-state index contributed by atoms with van der Waals surface area (Å²) in [5.74, 6) is 1.37. The van der Waals surface area contributed by atoms with E-state index in [0.717, 1.165) is 18.6 Å². The Balaban J connectivity index is 1.68. The molecule has 2 aliphatic rings. The Bertz CT molecular complexity index is 694. The second-order valence-corrected chi connectivity index (χ2v) is 10.0. The van der Waals surface area contributed by atoms with Crippen LogP contribution in [0.15, 0.2) is 46.0 Å². The number of aliphatic hydroxyl groups excluding tert-OH is 1. The molecule has 5 heteroatoms. The third-order valence-electron chi connectivity index (χ3n) is 6.13. The zero-order chi connectivity index (χ0) is 16.7. The quantitative estimate of drug-likeness (QED) is 0.874. The molecule has 2 aliphatic carbocycles. The Morgan fingerprint density at radius 2 is 2.00 bits per heavy atom. The molecule has 23 heavy (non-hydrogen) atoms. The normalized spacial score (nSPS) is 32.7. The molecule has 3 atom stereocenters. The molecule has 0 unspecified atom stereocenters. The van der Waals surface area contributed by atoms with Crippen molar-refractivity contribution in [1.29, 1.82) is 0 Å². The molecule has 2 bridgehead atoms.